The van der Waals surface area contributed by atoms with E-state index in [0.717, 1.165) is 11.5 Å². The number of oxime groups is 1. The van der Waals surface area contributed by atoms with Crippen molar-refractivity contribution in [3.05, 3.63) is 5.82 Å². The molecule has 0 saturated carbocycles. The highest BCUT2D eigenvalue weighted by atomic mass is 32.1. The zero-order valence-corrected chi connectivity index (χ0v) is 15.1. The predicted molar refractivity (Wildman–Crippen MR) is 86.1 cm³/mol. The number of anilines is 1. The first kappa shape index (κ1) is 19.8. The van der Waals surface area contributed by atoms with Crippen LogP contribution >= 0.6 is 11.5 Å². The second kappa shape index (κ2) is 7.53. The summed E-state index contributed by atoms with van der Waals surface area (Å²) in [7, 11) is 1.39. The second-order valence-corrected chi connectivity index (χ2v) is 6.74. The van der Waals surface area contributed by atoms with Gasteiger partial charge in [0.05, 0.1) is 0 Å². The standard InChI is InChI=1S/C13H20N4O6S/c1-12(2,3)22-11(20)15-10-14-8(17-24-10)7(9(18)19)16-23-13(4,5)21-6/h1-6H3,(H,18,19)(H,14,15,17,20)/b16-7-. The summed E-state index contributed by atoms with van der Waals surface area (Å²) in [6.45, 7) is 8.24. The third-order valence-electron chi connectivity index (χ3n) is 2.30. The fraction of sp³-hybridized carbons (Fsp3) is 0.615. The topological polar surface area (TPSA) is 132 Å². The van der Waals surface area contributed by atoms with Gasteiger partial charge in [-0.2, -0.15) is 9.36 Å². The minimum absolute atomic E-state index is 0.0687. The average molecular weight is 360 g/mol. The molecule has 0 radical (unpaired) electrons. The molecule has 1 aromatic heterocycles. The number of carboxylic acid groups (broad SMARTS) is 1. The molecule has 0 fully saturated rings. The molecule has 0 atom stereocenters. The van der Waals surface area contributed by atoms with Crippen LogP contribution in [0.3, 0.4) is 0 Å². The molecule has 0 aromatic carbocycles. The van der Waals surface area contributed by atoms with Crippen LogP contribution in [0.2, 0.25) is 0 Å². The Hall–Kier alpha value is -2.27. The first-order valence-corrected chi connectivity index (χ1v) is 7.59. The maximum absolute atomic E-state index is 11.7. The van der Waals surface area contributed by atoms with E-state index in [1.54, 1.807) is 34.6 Å². The molecule has 24 heavy (non-hydrogen) atoms. The first-order chi connectivity index (χ1) is 10.9. The molecule has 11 heteroatoms. The van der Waals surface area contributed by atoms with Gasteiger partial charge < -0.3 is 19.4 Å². The number of ether oxygens (including phenoxy) is 2. The van der Waals surface area contributed by atoms with Crippen molar-refractivity contribution in [2.45, 2.75) is 46.0 Å². The predicted octanol–water partition coefficient (Wildman–Crippen LogP) is 2.07. The van der Waals surface area contributed by atoms with Crippen molar-refractivity contribution < 1.29 is 29.0 Å². The smallest absolute Gasteiger partial charge is 0.414 e. The Morgan fingerprint density at radius 3 is 2.38 bits per heavy atom. The maximum Gasteiger partial charge on any atom is 0.414 e. The van der Waals surface area contributed by atoms with Crippen molar-refractivity contribution in [1.29, 1.82) is 0 Å². The van der Waals surface area contributed by atoms with E-state index in [4.69, 9.17) is 14.3 Å². The minimum Gasteiger partial charge on any atom is -0.476 e. The van der Waals surface area contributed by atoms with Gasteiger partial charge in [-0.3, -0.25) is 5.32 Å². The van der Waals surface area contributed by atoms with Crippen LogP contribution in [0, 0.1) is 0 Å². The number of amides is 1. The summed E-state index contributed by atoms with van der Waals surface area (Å²) in [5.41, 5.74) is -1.20. The number of nitrogens with zero attached hydrogens (tertiary/aromatic N) is 3. The van der Waals surface area contributed by atoms with Crippen LogP contribution in [0.25, 0.3) is 0 Å². The van der Waals surface area contributed by atoms with Crippen molar-refractivity contribution in [2.75, 3.05) is 12.4 Å². The highest BCUT2D eigenvalue weighted by Crippen LogP contribution is 2.16. The van der Waals surface area contributed by atoms with Gasteiger partial charge in [0, 0.05) is 32.5 Å². The second-order valence-electron chi connectivity index (χ2n) is 5.99. The first-order valence-electron chi connectivity index (χ1n) is 6.82. The number of aliphatic carboxylic acids is 1. The van der Waals surface area contributed by atoms with E-state index < -0.39 is 29.2 Å². The Morgan fingerprint density at radius 1 is 1.25 bits per heavy atom. The monoisotopic (exact) mass is 360 g/mol. The lowest BCUT2D eigenvalue weighted by Crippen LogP contribution is -2.27. The van der Waals surface area contributed by atoms with E-state index in [9.17, 15) is 14.7 Å². The highest BCUT2D eigenvalue weighted by molar-refractivity contribution is 7.10. The van der Waals surface area contributed by atoms with Crippen molar-refractivity contribution in [2.24, 2.45) is 5.16 Å². The van der Waals surface area contributed by atoms with Crippen LogP contribution < -0.4 is 5.32 Å². The summed E-state index contributed by atoms with van der Waals surface area (Å²) in [5.74, 6) is -2.71. The quantitative estimate of drug-likeness (QED) is 0.447. The average Bonchev–Trinajstić information content (AvgIpc) is 2.84. The molecule has 1 amide bonds. The number of hydrogen-bond donors (Lipinski definition) is 2. The number of nitrogens with one attached hydrogen (secondary N) is 1. The molecular weight excluding hydrogens is 340 g/mol. The lowest BCUT2D eigenvalue weighted by molar-refractivity contribution is -0.197. The van der Waals surface area contributed by atoms with Gasteiger partial charge in [-0.05, 0) is 20.8 Å². The summed E-state index contributed by atoms with van der Waals surface area (Å²) >= 11 is 0.785. The summed E-state index contributed by atoms with van der Waals surface area (Å²) in [6, 6.07) is 0. The summed E-state index contributed by atoms with van der Waals surface area (Å²) in [5, 5.41) is 15.2. The van der Waals surface area contributed by atoms with E-state index in [2.05, 4.69) is 19.8 Å². The summed E-state index contributed by atoms with van der Waals surface area (Å²) in [4.78, 5) is 31.8. The van der Waals surface area contributed by atoms with Crippen LogP contribution in [0.4, 0.5) is 9.93 Å². The molecule has 0 saturated heterocycles. The van der Waals surface area contributed by atoms with E-state index in [-0.39, 0.29) is 11.0 Å². The zero-order chi connectivity index (χ0) is 18.5. The summed E-state index contributed by atoms with van der Waals surface area (Å²) in [6.07, 6.45) is -0.726. The number of rotatable bonds is 6. The Kier molecular flexibility index (Phi) is 6.21. The Bertz CT molecular complexity index is 635. The van der Waals surface area contributed by atoms with Crippen molar-refractivity contribution >= 4 is 34.4 Å². The van der Waals surface area contributed by atoms with E-state index in [1.165, 1.54) is 7.11 Å². The number of aromatic nitrogens is 2. The van der Waals surface area contributed by atoms with Crippen molar-refractivity contribution in [3.8, 4) is 0 Å². The number of carboxylic acids is 1. The van der Waals surface area contributed by atoms with E-state index >= 15 is 0 Å². The molecule has 0 spiro atoms. The molecular formula is C13H20N4O6S. The maximum atomic E-state index is 11.7. The van der Waals surface area contributed by atoms with Gasteiger partial charge in [0.25, 0.3) is 0 Å². The third kappa shape index (κ3) is 6.46. The van der Waals surface area contributed by atoms with Crippen LogP contribution in [-0.4, -0.2) is 50.7 Å². The molecule has 0 aliphatic heterocycles. The number of hydrogen-bond acceptors (Lipinski definition) is 9. The number of carbonyl (C=O) groups excluding carboxylic acids is 1. The molecule has 1 aromatic rings. The minimum atomic E-state index is -1.39. The fourth-order valence-corrected chi connectivity index (χ4v) is 1.69. The largest absolute Gasteiger partial charge is 0.476 e. The van der Waals surface area contributed by atoms with Crippen LogP contribution in [0.1, 0.15) is 40.4 Å². The molecule has 0 aliphatic carbocycles. The van der Waals surface area contributed by atoms with Crippen molar-refractivity contribution in [1.82, 2.24) is 9.36 Å². The van der Waals surface area contributed by atoms with Gasteiger partial charge in [-0.25, -0.2) is 9.59 Å². The van der Waals surface area contributed by atoms with Gasteiger partial charge in [0.1, 0.15) is 5.60 Å². The lowest BCUT2D eigenvalue weighted by atomic mass is 10.2. The molecule has 0 aliphatic rings. The normalized spacial score (nSPS) is 12.7. The zero-order valence-electron chi connectivity index (χ0n) is 14.2. The van der Waals surface area contributed by atoms with Gasteiger partial charge >= 0.3 is 12.1 Å². The van der Waals surface area contributed by atoms with Gasteiger partial charge in [-0.15, -0.1) is 0 Å². The molecule has 134 valence electrons. The Balaban J connectivity index is 2.89. The Morgan fingerprint density at radius 2 is 1.88 bits per heavy atom. The molecule has 10 nitrogen and oxygen atoms in total. The molecule has 0 bridgehead atoms. The van der Waals surface area contributed by atoms with Crippen LogP contribution in [0.15, 0.2) is 5.16 Å². The van der Waals surface area contributed by atoms with Crippen LogP contribution in [0.5, 0.6) is 0 Å². The van der Waals surface area contributed by atoms with Crippen molar-refractivity contribution in [3.63, 3.8) is 0 Å². The number of carbonyl (C=O) groups is 2. The lowest BCUT2D eigenvalue weighted by Gasteiger charge is -2.19. The third-order valence-corrected chi connectivity index (χ3v) is 2.93. The molecule has 1 heterocycles. The summed E-state index contributed by atoms with van der Waals surface area (Å²) < 4.78 is 13.9. The van der Waals surface area contributed by atoms with E-state index in [1.807, 2.05) is 0 Å². The molecule has 1 rings (SSSR count). The highest BCUT2D eigenvalue weighted by Gasteiger charge is 2.24. The fourth-order valence-electron chi connectivity index (χ4n) is 1.13. The SMILES string of the molecule is COC(C)(C)O/N=C(\C(=O)O)c1nsc(NC(=O)OC(C)(C)C)n1. The molecule has 0 unspecified atom stereocenters. The van der Waals surface area contributed by atoms with Gasteiger partial charge in [0.15, 0.2) is 0 Å². The number of methoxy groups -OCH3 is 1. The Labute approximate surface area is 143 Å². The van der Waals surface area contributed by atoms with Gasteiger partial charge in [-0.1, -0.05) is 5.16 Å². The molecule has 2 N–H and O–H groups in total. The van der Waals surface area contributed by atoms with E-state index in [0.29, 0.717) is 0 Å². The van der Waals surface area contributed by atoms with Gasteiger partial charge in [0.2, 0.25) is 22.5 Å². The van der Waals surface area contributed by atoms with Crippen LogP contribution in [-0.2, 0) is 19.1 Å².